The molecule has 0 heterocycles. The highest BCUT2D eigenvalue weighted by Gasteiger charge is 2.06. The lowest BCUT2D eigenvalue weighted by Crippen LogP contribution is -2.10. The maximum Gasteiger partial charge on any atom is 0.0659 e. The third kappa shape index (κ3) is 4.40. The second-order valence-corrected chi connectivity index (χ2v) is 6.00. The first-order valence-corrected chi connectivity index (χ1v) is 7.71. The molecular formula is C18H23ClN2. The van der Waals surface area contributed by atoms with Crippen LogP contribution in [-0.4, -0.2) is 20.6 Å². The van der Waals surface area contributed by atoms with Crippen LogP contribution in [0.15, 0.2) is 48.5 Å². The fraction of sp³-hybridized carbons (Fsp3) is 0.333. The summed E-state index contributed by atoms with van der Waals surface area (Å²) in [5.41, 5.74) is 3.51. The zero-order chi connectivity index (χ0) is 15.2. The van der Waals surface area contributed by atoms with Crippen LogP contribution in [0, 0.1) is 0 Å². The molecule has 0 saturated heterocycles. The number of hydrogen-bond donors (Lipinski definition) is 1. The molecule has 2 nitrogen and oxygen atoms in total. The molecule has 1 atom stereocenters. The van der Waals surface area contributed by atoms with Crippen molar-refractivity contribution in [3.8, 4) is 0 Å². The Kier molecular flexibility index (Phi) is 5.51. The predicted octanol–water partition coefficient (Wildman–Crippen LogP) is 5.01. The predicted molar refractivity (Wildman–Crippen MR) is 93.7 cm³/mol. The molecule has 1 N–H and O–H groups in total. The molecule has 0 fully saturated rings. The summed E-state index contributed by atoms with van der Waals surface area (Å²) >= 11 is 6.28. The summed E-state index contributed by atoms with van der Waals surface area (Å²) in [4.78, 5) is 2.02. The third-order valence-corrected chi connectivity index (χ3v) is 4.01. The van der Waals surface area contributed by atoms with Crippen molar-refractivity contribution in [3.63, 3.8) is 0 Å². The summed E-state index contributed by atoms with van der Waals surface area (Å²) in [6.45, 7) is 3.20. The summed E-state index contributed by atoms with van der Waals surface area (Å²) in [5, 5.41) is 4.23. The highest BCUT2D eigenvalue weighted by atomic mass is 35.5. The molecule has 0 bridgehead atoms. The number of anilines is 2. The first kappa shape index (κ1) is 15.7. The molecule has 0 amide bonds. The third-order valence-electron chi connectivity index (χ3n) is 3.70. The number of halogens is 1. The normalized spacial score (nSPS) is 12.0. The van der Waals surface area contributed by atoms with Gasteiger partial charge in [0, 0.05) is 26.3 Å². The van der Waals surface area contributed by atoms with Crippen LogP contribution in [0.4, 0.5) is 11.4 Å². The smallest absolute Gasteiger partial charge is 0.0659 e. The lowest BCUT2D eigenvalue weighted by molar-refractivity contribution is 0.706. The summed E-state index contributed by atoms with van der Waals surface area (Å²) in [6, 6.07) is 16.7. The van der Waals surface area contributed by atoms with Crippen molar-refractivity contribution in [1.82, 2.24) is 0 Å². The summed E-state index contributed by atoms with van der Waals surface area (Å²) in [6.07, 6.45) is 1.09. The minimum atomic E-state index is 0.551. The van der Waals surface area contributed by atoms with Crippen LogP contribution >= 0.6 is 11.6 Å². The van der Waals surface area contributed by atoms with Crippen LogP contribution in [0.25, 0.3) is 0 Å². The molecule has 21 heavy (non-hydrogen) atoms. The van der Waals surface area contributed by atoms with Crippen molar-refractivity contribution in [2.45, 2.75) is 19.3 Å². The molecule has 1 unspecified atom stereocenters. The Morgan fingerprint density at radius 2 is 1.81 bits per heavy atom. The number of nitrogens with zero attached hydrogens (tertiary/aromatic N) is 1. The van der Waals surface area contributed by atoms with E-state index in [1.54, 1.807) is 0 Å². The van der Waals surface area contributed by atoms with Gasteiger partial charge in [0.25, 0.3) is 0 Å². The fourth-order valence-corrected chi connectivity index (χ4v) is 2.71. The largest absolute Gasteiger partial charge is 0.385 e. The molecule has 0 aliphatic heterocycles. The van der Waals surface area contributed by atoms with Gasteiger partial charge in [-0.1, -0.05) is 48.9 Å². The van der Waals surface area contributed by atoms with Crippen LogP contribution in [0.5, 0.6) is 0 Å². The van der Waals surface area contributed by atoms with Gasteiger partial charge < -0.3 is 10.2 Å². The zero-order valence-corrected chi connectivity index (χ0v) is 13.7. The monoisotopic (exact) mass is 302 g/mol. The molecule has 0 aliphatic rings. The van der Waals surface area contributed by atoms with Gasteiger partial charge in [0.05, 0.1) is 10.7 Å². The summed E-state index contributed by atoms with van der Waals surface area (Å²) in [7, 11) is 3.99. The molecule has 2 rings (SSSR count). The highest BCUT2D eigenvalue weighted by molar-refractivity contribution is 6.33. The Labute approximate surface area is 132 Å². The lowest BCUT2D eigenvalue weighted by Gasteiger charge is -2.16. The SMILES string of the molecule is CC(CCNc1ccc(N(C)C)c(Cl)c1)c1ccccc1. The maximum absolute atomic E-state index is 6.28. The fourth-order valence-electron chi connectivity index (χ4n) is 2.36. The van der Waals surface area contributed by atoms with Crippen LogP contribution in [0.2, 0.25) is 5.02 Å². The van der Waals surface area contributed by atoms with E-state index in [1.165, 1.54) is 5.56 Å². The van der Waals surface area contributed by atoms with Crippen LogP contribution in [0.1, 0.15) is 24.8 Å². The van der Waals surface area contributed by atoms with Gasteiger partial charge in [-0.25, -0.2) is 0 Å². The van der Waals surface area contributed by atoms with E-state index in [2.05, 4.69) is 48.6 Å². The number of benzene rings is 2. The van der Waals surface area contributed by atoms with E-state index in [0.717, 1.165) is 29.4 Å². The Morgan fingerprint density at radius 1 is 1.10 bits per heavy atom. The van der Waals surface area contributed by atoms with Gasteiger partial charge in [-0.05, 0) is 36.1 Å². The van der Waals surface area contributed by atoms with Crippen molar-refractivity contribution < 1.29 is 0 Å². The van der Waals surface area contributed by atoms with E-state index < -0.39 is 0 Å². The standard InChI is InChI=1S/C18H23ClN2/c1-14(15-7-5-4-6-8-15)11-12-20-16-9-10-18(21(2)3)17(19)13-16/h4-10,13-14,20H,11-12H2,1-3H3. The maximum atomic E-state index is 6.28. The van der Waals surface area contributed by atoms with Gasteiger partial charge in [0.15, 0.2) is 0 Å². The Balaban J connectivity index is 1.88. The molecule has 0 saturated carbocycles. The average Bonchev–Trinajstić information content (AvgIpc) is 2.47. The molecule has 3 heteroatoms. The topological polar surface area (TPSA) is 15.3 Å². The first-order chi connectivity index (χ1) is 10.1. The molecule has 2 aromatic rings. The van der Waals surface area contributed by atoms with Gasteiger partial charge in [0.1, 0.15) is 0 Å². The van der Waals surface area contributed by atoms with Crippen molar-refractivity contribution in [2.75, 3.05) is 30.9 Å². The van der Waals surface area contributed by atoms with E-state index in [1.807, 2.05) is 31.1 Å². The van der Waals surface area contributed by atoms with E-state index in [0.29, 0.717) is 5.92 Å². The first-order valence-electron chi connectivity index (χ1n) is 7.33. The second-order valence-electron chi connectivity index (χ2n) is 5.59. The molecule has 0 aliphatic carbocycles. The summed E-state index contributed by atoms with van der Waals surface area (Å²) < 4.78 is 0. The van der Waals surface area contributed by atoms with Crippen LogP contribution in [-0.2, 0) is 0 Å². The van der Waals surface area contributed by atoms with E-state index in [9.17, 15) is 0 Å². The quantitative estimate of drug-likeness (QED) is 0.806. The molecular weight excluding hydrogens is 280 g/mol. The van der Waals surface area contributed by atoms with Gasteiger partial charge in [-0.2, -0.15) is 0 Å². The molecule has 2 aromatic carbocycles. The molecule has 0 aromatic heterocycles. The van der Waals surface area contributed by atoms with Crippen molar-refractivity contribution >= 4 is 23.0 Å². The van der Waals surface area contributed by atoms with Gasteiger partial charge in [0.2, 0.25) is 0 Å². The van der Waals surface area contributed by atoms with E-state index >= 15 is 0 Å². The van der Waals surface area contributed by atoms with Crippen molar-refractivity contribution in [3.05, 3.63) is 59.1 Å². The minimum Gasteiger partial charge on any atom is -0.385 e. The second kappa shape index (κ2) is 7.37. The van der Waals surface area contributed by atoms with Crippen molar-refractivity contribution in [2.24, 2.45) is 0 Å². The van der Waals surface area contributed by atoms with Gasteiger partial charge in [-0.3, -0.25) is 0 Å². The van der Waals surface area contributed by atoms with Crippen LogP contribution < -0.4 is 10.2 Å². The zero-order valence-electron chi connectivity index (χ0n) is 12.9. The number of nitrogens with one attached hydrogen (secondary N) is 1. The van der Waals surface area contributed by atoms with Gasteiger partial charge in [-0.15, -0.1) is 0 Å². The highest BCUT2D eigenvalue weighted by Crippen LogP contribution is 2.27. The van der Waals surface area contributed by atoms with Crippen LogP contribution in [0.3, 0.4) is 0 Å². The Morgan fingerprint density at radius 3 is 2.43 bits per heavy atom. The lowest BCUT2D eigenvalue weighted by atomic mass is 9.98. The average molecular weight is 303 g/mol. The Bertz CT molecular complexity index is 567. The molecule has 0 spiro atoms. The Hall–Kier alpha value is -1.67. The number of hydrogen-bond acceptors (Lipinski definition) is 2. The van der Waals surface area contributed by atoms with Crippen molar-refractivity contribution in [1.29, 1.82) is 0 Å². The van der Waals surface area contributed by atoms with E-state index in [-0.39, 0.29) is 0 Å². The summed E-state index contributed by atoms with van der Waals surface area (Å²) in [5.74, 6) is 0.551. The van der Waals surface area contributed by atoms with E-state index in [4.69, 9.17) is 11.6 Å². The molecule has 112 valence electrons. The molecule has 0 radical (unpaired) electrons. The number of rotatable bonds is 6. The van der Waals surface area contributed by atoms with Gasteiger partial charge >= 0.3 is 0 Å². The minimum absolute atomic E-state index is 0.551.